The topological polar surface area (TPSA) is 92.9 Å². The third kappa shape index (κ3) is 3.79. The first-order chi connectivity index (χ1) is 14.1. The van der Waals surface area contributed by atoms with Crippen LogP contribution in [0.5, 0.6) is 5.75 Å². The maximum Gasteiger partial charge on any atom is 0.296 e. The molecule has 1 aliphatic rings. The summed E-state index contributed by atoms with van der Waals surface area (Å²) in [4.78, 5) is 31.2. The fourth-order valence-corrected chi connectivity index (χ4v) is 3.40. The minimum atomic E-state index is -0.782. The smallest absolute Gasteiger partial charge is 0.296 e. The van der Waals surface area contributed by atoms with Crippen molar-refractivity contribution in [1.82, 2.24) is 9.88 Å². The number of carbonyl (C=O) groups excluding carboxylic acids is 2. The molecular weight excluding hydrogens is 408 g/mol. The maximum atomic E-state index is 12.9. The highest BCUT2D eigenvalue weighted by atomic mass is 35.5. The highest BCUT2D eigenvalue weighted by molar-refractivity contribution is 6.46. The molecule has 3 heterocycles. The molecule has 0 radical (unpaired) electrons. The van der Waals surface area contributed by atoms with Crippen molar-refractivity contribution < 1.29 is 23.8 Å². The number of ether oxygens (including phenoxy) is 1. The van der Waals surface area contributed by atoms with Gasteiger partial charge in [-0.2, -0.15) is 0 Å². The van der Waals surface area contributed by atoms with E-state index in [1.807, 2.05) is 0 Å². The molecule has 0 aliphatic carbocycles. The van der Waals surface area contributed by atoms with Crippen LogP contribution in [0.25, 0.3) is 5.76 Å². The van der Waals surface area contributed by atoms with Crippen molar-refractivity contribution in [3.63, 3.8) is 0 Å². The number of nitrogens with zero attached hydrogens (tertiary/aromatic N) is 2. The first-order valence-electron chi connectivity index (χ1n) is 8.95. The normalized spacial score (nSPS) is 17.6. The second-order valence-corrected chi connectivity index (χ2v) is 6.52. The van der Waals surface area contributed by atoms with E-state index in [9.17, 15) is 14.7 Å². The van der Waals surface area contributed by atoms with Gasteiger partial charge in [0, 0.05) is 18.0 Å². The summed E-state index contributed by atoms with van der Waals surface area (Å²) in [5, 5.41) is 10.9. The first kappa shape index (κ1) is 21.1. The highest BCUT2D eigenvalue weighted by Crippen LogP contribution is 2.40. The zero-order chi connectivity index (χ0) is 20.4. The van der Waals surface area contributed by atoms with Gasteiger partial charge < -0.3 is 19.2 Å². The predicted octanol–water partition coefficient (Wildman–Crippen LogP) is 3.73. The Balaban J connectivity index is 0.00000256. The largest absolute Gasteiger partial charge is 0.507 e. The molecule has 30 heavy (non-hydrogen) atoms. The standard InChI is InChI=1S/C22H18N2O5.ClH/c1-28-16-8-6-14(7-9-16)20(25)18-19(15-4-2-10-23-12-15)24(22(27)21(18)26)13-17-5-3-11-29-17;/h2-12,19,25H,13H2,1H3;1H/b20-18-;. The number of amides is 1. The summed E-state index contributed by atoms with van der Waals surface area (Å²) >= 11 is 0. The molecule has 1 atom stereocenters. The first-order valence-corrected chi connectivity index (χ1v) is 8.95. The van der Waals surface area contributed by atoms with Crippen molar-refractivity contribution in [3.8, 4) is 5.75 Å². The van der Waals surface area contributed by atoms with E-state index in [0.717, 1.165) is 0 Å². The van der Waals surface area contributed by atoms with E-state index in [2.05, 4.69) is 4.98 Å². The van der Waals surface area contributed by atoms with Gasteiger partial charge >= 0.3 is 0 Å². The Morgan fingerprint density at radius 3 is 2.53 bits per heavy atom. The lowest BCUT2D eigenvalue weighted by atomic mass is 9.96. The number of likely N-dealkylation sites (tertiary alicyclic amines) is 1. The molecule has 3 aromatic rings. The molecular formula is C22H19ClN2O5. The van der Waals surface area contributed by atoms with E-state index in [1.54, 1.807) is 60.9 Å². The summed E-state index contributed by atoms with van der Waals surface area (Å²) in [6.45, 7) is 0.0938. The monoisotopic (exact) mass is 426 g/mol. The minimum absolute atomic E-state index is 0. The van der Waals surface area contributed by atoms with Crippen LogP contribution in [-0.2, 0) is 16.1 Å². The molecule has 7 nitrogen and oxygen atoms in total. The molecule has 0 spiro atoms. The number of hydrogen-bond donors (Lipinski definition) is 1. The molecule has 154 valence electrons. The second kappa shape index (κ2) is 8.84. The van der Waals surface area contributed by atoms with Crippen molar-refractivity contribution >= 4 is 29.9 Å². The Morgan fingerprint density at radius 2 is 1.93 bits per heavy atom. The van der Waals surface area contributed by atoms with Crippen LogP contribution in [0.4, 0.5) is 0 Å². The molecule has 1 saturated heterocycles. The fraction of sp³-hybridized carbons (Fsp3) is 0.136. The number of aromatic nitrogens is 1. The number of halogens is 1. The lowest BCUT2D eigenvalue weighted by molar-refractivity contribution is -0.140. The molecule has 0 saturated carbocycles. The molecule has 4 rings (SSSR count). The Morgan fingerprint density at radius 1 is 1.17 bits per heavy atom. The van der Waals surface area contributed by atoms with Crippen molar-refractivity contribution in [3.05, 3.63) is 89.6 Å². The van der Waals surface area contributed by atoms with E-state index < -0.39 is 17.7 Å². The van der Waals surface area contributed by atoms with Gasteiger partial charge in [-0.05, 0) is 48.0 Å². The number of Topliss-reactive ketones (excluding diaryl/α,β-unsaturated/α-hetero) is 1. The number of aliphatic hydroxyl groups excluding tert-OH is 1. The number of rotatable bonds is 5. The summed E-state index contributed by atoms with van der Waals surface area (Å²) in [6.07, 6.45) is 4.68. The third-order valence-electron chi connectivity index (χ3n) is 4.81. The van der Waals surface area contributed by atoms with Crippen LogP contribution >= 0.6 is 12.4 Å². The van der Waals surface area contributed by atoms with E-state index in [4.69, 9.17) is 9.15 Å². The number of hydrogen-bond acceptors (Lipinski definition) is 6. The summed E-state index contributed by atoms with van der Waals surface area (Å²) in [5.41, 5.74) is 1.05. The third-order valence-corrected chi connectivity index (χ3v) is 4.81. The number of aliphatic hydroxyl groups is 1. The number of benzene rings is 1. The summed E-state index contributed by atoms with van der Waals surface area (Å²) in [6, 6.07) is 12.8. The van der Waals surface area contributed by atoms with E-state index in [-0.39, 0.29) is 30.3 Å². The number of ketones is 1. The highest BCUT2D eigenvalue weighted by Gasteiger charge is 2.46. The van der Waals surface area contributed by atoms with Gasteiger partial charge in [0.15, 0.2) is 0 Å². The molecule has 1 aliphatic heterocycles. The molecule has 2 aromatic heterocycles. The van der Waals surface area contributed by atoms with Crippen LogP contribution in [0.2, 0.25) is 0 Å². The van der Waals surface area contributed by atoms with Gasteiger partial charge in [0.1, 0.15) is 17.3 Å². The molecule has 1 N–H and O–H groups in total. The number of furan rings is 1. The molecule has 0 bridgehead atoms. The summed E-state index contributed by atoms with van der Waals surface area (Å²) in [7, 11) is 1.54. The van der Waals surface area contributed by atoms with E-state index in [0.29, 0.717) is 22.6 Å². The van der Waals surface area contributed by atoms with Crippen molar-refractivity contribution in [2.45, 2.75) is 12.6 Å². The number of carbonyl (C=O) groups is 2. The minimum Gasteiger partial charge on any atom is -0.507 e. The van der Waals surface area contributed by atoms with Crippen LogP contribution in [0.1, 0.15) is 22.9 Å². The molecule has 8 heteroatoms. The lowest BCUT2D eigenvalue weighted by Crippen LogP contribution is -2.29. The zero-order valence-electron chi connectivity index (χ0n) is 16.0. The summed E-state index contributed by atoms with van der Waals surface area (Å²) in [5.74, 6) is -0.556. The Hall–Kier alpha value is -3.58. The zero-order valence-corrected chi connectivity index (χ0v) is 16.8. The van der Waals surface area contributed by atoms with Crippen LogP contribution in [-0.4, -0.2) is 33.8 Å². The molecule has 1 amide bonds. The fourth-order valence-electron chi connectivity index (χ4n) is 3.40. The SMILES string of the molecule is COc1ccc(/C(O)=C2/C(=O)C(=O)N(Cc3ccco3)C2c2cccnc2)cc1.Cl. The van der Waals surface area contributed by atoms with Crippen LogP contribution in [0.3, 0.4) is 0 Å². The van der Waals surface area contributed by atoms with Gasteiger partial charge in [0.05, 0.1) is 31.5 Å². The van der Waals surface area contributed by atoms with Gasteiger partial charge in [-0.15, -0.1) is 12.4 Å². The van der Waals surface area contributed by atoms with Crippen molar-refractivity contribution in [2.24, 2.45) is 0 Å². The maximum absolute atomic E-state index is 12.9. The molecule has 1 aromatic carbocycles. The van der Waals surface area contributed by atoms with Crippen molar-refractivity contribution in [1.29, 1.82) is 0 Å². The second-order valence-electron chi connectivity index (χ2n) is 6.52. The lowest BCUT2D eigenvalue weighted by Gasteiger charge is -2.24. The van der Waals surface area contributed by atoms with Gasteiger partial charge in [-0.1, -0.05) is 6.07 Å². The van der Waals surface area contributed by atoms with Crippen molar-refractivity contribution in [2.75, 3.05) is 7.11 Å². The number of methoxy groups -OCH3 is 1. The van der Waals surface area contributed by atoms with Gasteiger partial charge in [0.25, 0.3) is 11.7 Å². The van der Waals surface area contributed by atoms with Crippen LogP contribution < -0.4 is 4.74 Å². The number of pyridine rings is 1. The molecule has 1 unspecified atom stereocenters. The summed E-state index contributed by atoms with van der Waals surface area (Å²) < 4.78 is 10.5. The Labute approximate surface area is 179 Å². The average Bonchev–Trinajstić information content (AvgIpc) is 3.36. The average molecular weight is 427 g/mol. The quantitative estimate of drug-likeness (QED) is 0.379. The van der Waals surface area contributed by atoms with Crippen LogP contribution in [0, 0.1) is 0 Å². The van der Waals surface area contributed by atoms with E-state index in [1.165, 1.54) is 18.3 Å². The Bertz CT molecular complexity index is 1060. The molecule has 1 fully saturated rings. The Kier molecular flexibility index (Phi) is 6.23. The van der Waals surface area contributed by atoms with Gasteiger partial charge in [-0.25, -0.2) is 0 Å². The van der Waals surface area contributed by atoms with E-state index >= 15 is 0 Å². The predicted molar refractivity (Wildman–Crippen MR) is 111 cm³/mol. The van der Waals surface area contributed by atoms with Gasteiger partial charge in [0.2, 0.25) is 0 Å². The van der Waals surface area contributed by atoms with Crippen LogP contribution in [0.15, 0.2) is 77.2 Å². The van der Waals surface area contributed by atoms with Gasteiger partial charge in [-0.3, -0.25) is 14.6 Å².